The number of hydrogen-bond acceptors (Lipinski definition) is 2. The van der Waals surface area contributed by atoms with E-state index in [1.54, 1.807) is 0 Å². The number of hydrogen-bond donors (Lipinski definition) is 0. The average Bonchev–Trinajstić information content (AvgIpc) is 2.35. The molecule has 0 aliphatic rings. The summed E-state index contributed by atoms with van der Waals surface area (Å²) in [7, 11) is 4.07. The van der Waals surface area contributed by atoms with Gasteiger partial charge in [-0.3, -0.25) is 9.58 Å². The van der Waals surface area contributed by atoms with Crippen molar-refractivity contribution in [2.75, 3.05) is 7.05 Å². The minimum atomic E-state index is 0.588. The summed E-state index contributed by atoms with van der Waals surface area (Å²) in [5.74, 6) is 0. The van der Waals surface area contributed by atoms with E-state index >= 15 is 0 Å². The molecule has 68 valence electrons. The lowest BCUT2D eigenvalue weighted by atomic mass is 10.3. The third-order valence-corrected chi connectivity index (χ3v) is 2.07. The molecule has 0 unspecified atom stereocenters. The Bertz CT molecular complexity index is 240. The van der Waals surface area contributed by atoms with Gasteiger partial charge in [0, 0.05) is 31.4 Å². The van der Waals surface area contributed by atoms with Crippen molar-refractivity contribution in [1.29, 1.82) is 0 Å². The molecule has 0 atom stereocenters. The van der Waals surface area contributed by atoms with Crippen LogP contribution in [0.15, 0.2) is 12.4 Å². The molecular weight excluding hydrogens is 150 g/mol. The third-order valence-electron chi connectivity index (χ3n) is 2.07. The molecule has 0 aliphatic carbocycles. The first-order valence-corrected chi connectivity index (χ1v) is 4.27. The second kappa shape index (κ2) is 3.72. The summed E-state index contributed by atoms with van der Waals surface area (Å²) in [5.41, 5.74) is 1.27. The fraction of sp³-hybridized carbons (Fsp3) is 0.667. The molecule has 0 fully saturated rings. The second-order valence-electron chi connectivity index (χ2n) is 3.53. The fourth-order valence-corrected chi connectivity index (χ4v) is 1.02. The van der Waals surface area contributed by atoms with Crippen molar-refractivity contribution in [2.45, 2.75) is 26.4 Å². The van der Waals surface area contributed by atoms with Gasteiger partial charge in [0.2, 0.25) is 0 Å². The fourth-order valence-electron chi connectivity index (χ4n) is 1.02. The highest BCUT2D eigenvalue weighted by molar-refractivity contribution is 5.03. The Labute approximate surface area is 74.0 Å². The lowest BCUT2D eigenvalue weighted by molar-refractivity contribution is 0.266. The highest BCUT2D eigenvalue weighted by atomic mass is 15.2. The Morgan fingerprint density at radius 2 is 2.25 bits per heavy atom. The number of aromatic nitrogens is 2. The van der Waals surface area contributed by atoms with Crippen molar-refractivity contribution in [3.8, 4) is 0 Å². The van der Waals surface area contributed by atoms with E-state index in [1.807, 2.05) is 17.9 Å². The van der Waals surface area contributed by atoms with Gasteiger partial charge >= 0.3 is 0 Å². The van der Waals surface area contributed by atoms with Crippen molar-refractivity contribution in [3.05, 3.63) is 18.0 Å². The zero-order chi connectivity index (χ0) is 9.14. The molecule has 0 spiro atoms. The normalized spacial score (nSPS) is 11.5. The largest absolute Gasteiger partial charge is 0.300 e. The van der Waals surface area contributed by atoms with Crippen LogP contribution in [0.3, 0.4) is 0 Å². The second-order valence-corrected chi connectivity index (χ2v) is 3.53. The smallest absolute Gasteiger partial charge is 0.0534 e. The van der Waals surface area contributed by atoms with Gasteiger partial charge in [-0.25, -0.2) is 0 Å². The summed E-state index contributed by atoms with van der Waals surface area (Å²) >= 11 is 0. The molecule has 3 nitrogen and oxygen atoms in total. The third kappa shape index (κ3) is 2.34. The Kier molecular flexibility index (Phi) is 2.87. The SMILES string of the molecule is CC(C)N(C)Cc1cnn(C)c1. The van der Waals surface area contributed by atoms with Gasteiger partial charge in [-0.05, 0) is 20.9 Å². The van der Waals surface area contributed by atoms with E-state index in [-0.39, 0.29) is 0 Å². The van der Waals surface area contributed by atoms with Crippen LogP contribution in [-0.2, 0) is 13.6 Å². The summed E-state index contributed by atoms with van der Waals surface area (Å²) < 4.78 is 1.84. The molecule has 1 heterocycles. The van der Waals surface area contributed by atoms with Crippen LogP contribution in [0.1, 0.15) is 19.4 Å². The zero-order valence-electron chi connectivity index (χ0n) is 8.28. The maximum Gasteiger partial charge on any atom is 0.0534 e. The molecule has 0 aliphatic heterocycles. The van der Waals surface area contributed by atoms with Gasteiger partial charge in [0.25, 0.3) is 0 Å². The molecule has 1 rings (SSSR count). The number of nitrogens with zero attached hydrogens (tertiary/aromatic N) is 3. The highest BCUT2D eigenvalue weighted by Gasteiger charge is 2.04. The van der Waals surface area contributed by atoms with Gasteiger partial charge in [0.15, 0.2) is 0 Å². The molecule has 1 aromatic heterocycles. The molecule has 0 radical (unpaired) electrons. The monoisotopic (exact) mass is 167 g/mol. The van der Waals surface area contributed by atoms with E-state index in [1.165, 1.54) is 5.56 Å². The van der Waals surface area contributed by atoms with Gasteiger partial charge in [-0.1, -0.05) is 0 Å². The number of aryl methyl sites for hydroxylation is 1. The van der Waals surface area contributed by atoms with E-state index < -0.39 is 0 Å². The molecule has 0 amide bonds. The predicted octanol–water partition coefficient (Wildman–Crippen LogP) is 1.26. The number of rotatable bonds is 3. The van der Waals surface area contributed by atoms with Gasteiger partial charge in [0.1, 0.15) is 0 Å². The molecule has 3 heteroatoms. The Hall–Kier alpha value is -0.830. The van der Waals surface area contributed by atoms with E-state index in [0.717, 1.165) is 6.54 Å². The lowest BCUT2D eigenvalue weighted by Gasteiger charge is -2.19. The first-order chi connectivity index (χ1) is 5.59. The maximum absolute atomic E-state index is 4.12. The molecule has 0 aromatic carbocycles. The summed E-state index contributed by atoms with van der Waals surface area (Å²) in [6, 6.07) is 0.588. The van der Waals surface area contributed by atoms with E-state index in [0.29, 0.717) is 6.04 Å². The van der Waals surface area contributed by atoms with E-state index in [4.69, 9.17) is 0 Å². The van der Waals surface area contributed by atoms with Gasteiger partial charge in [-0.15, -0.1) is 0 Å². The summed E-state index contributed by atoms with van der Waals surface area (Å²) in [6.07, 6.45) is 3.97. The minimum Gasteiger partial charge on any atom is -0.300 e. The van der Waals surface area contributed by atoms with Crippen molar-refractivity contribution < 1.29 is 0 Å². The van der Waals surface area contributed by atoms with Crippen LogP contribution in [-0.4, -0.2) is 27.8 Å². The molecule has 0 N–H and O–H groups in total. The van der Waals surface area contributed by atoms with Crippen molar-refractivity contribution in [1.82, 2.24) is 14.7 Å². The standard InChI is InChI=1S/C9H17N3/c1-8(2)11(3)6-9-5-10-12(4)7-9/h5,7-8H,6H2,1-4H3. The molecule has 1 aromatic rings. The predicted molar refractivity (Wildman–Crippen MR) is 49.8 cm³/mol. The van der Waals surface area contributed by atoms with Crippen LogP contribution in [0.2, 0.25) is 0 Å². The Balaban J connectivity index is 2.52. The highest BCUT2D eigenvalue weighted by Crippen LogP contribution is 2.03. The Morgan fingerprint density at radius 1 is 1.58 bits per heavy atom. The van der Waals surface area contributed by atoms with Crippen molar-refractivity contribution in [2.24, 2.45) is 7.05 Å². The van der Waals surface area contributed by atoms with Crippen LogP contribution < -0.4 is 0 Å². The van der Waals surface area contributed by atoms with Crippen LogP contribution >= 0.6 is 0 Å². The van der Waals surface area contributed by atoms with E-state index in [9.17, 15) is 0 Å². The van der Waals surface area contributed by atoms with Crippen LogP contribution in [0.25, 0.3) is 0 Å². The van der Waals surface area contributed by atoms with Gasteiger partial charge in [0.05, 0.1) is 6.20 Å². The topological polar surface area (TPSA) is 21.1 Å². The van der Waals surface area contributed by atoms with Crippen LogP contribution in [0.4, 0.5) is 0 Å². The van der Waals surface area contributed by atoms with Crippen LogP contribution in [0.5, 0.6) is 0 Å². The molecule has 12 heavy (non-hydrogen) atoms. The first kappa shape index (κ1) is 9.26. The summed E-state index contributed by atoms with van der Waals surface area (Å²) in [6.45, 7) is 5.36. The van der Waals surface area contributed by atoms with E-state index in [2.05, 4.69) is 37.1 Å². The summed E-state index contributed by atoms with van der Waals surface area (Å²) in [4.78, 5) is 2.29. The average molecular weight is 167 g/mol. The van der Waals surface area contributed by atoms with Crippen LogP contribution in [0, 0.1) is 0 Å². The minimum absolute atomic E-state index is 0.588. The summed E-state index contributed by atoms with van der Waals surface area (Å²) in [5, 5.41) is 4.12. The molecule has 0 bridgehead atoms. The van der Waals surface area contributed by atoms with Gasteiger partial charge < -0.3 is 0 Å². The maximum atomic E-state index is 4.12. The molecule has 0 saturated carbocycles. The first-order valence-electron chi connectivity index (χ1n) is 4.27. The zero-order valence-corrected chi connectivity index (χ0v) is 8.28. The molecular formula is C9H17N3. The van der Waals surface area contributed by atoms with Gasteiger partial charge in [-0.2, -0.15) is 5.10 Å². The quantitative estimate of drug-likeness (QED) is 0.675. The van der Waals surface area contributed by atoms with Crippen molar-refractivity contribution in [3.63, 3.8) is 0 Å². The lowest BCUT2D eigenvalue weighted by Crippen LogP contribution is -2.25. The molecule has 0 saturated heterocycles. The van der Waals surface area contributed by atoms with Crippen molar-refractivity contribution >= 4 is 0 Å². The Morgan fingerprint density at radius 3 is 2.67 bits per heavy atom.